The fourth-order valence-electron chi connectivity index (χ4n) is 3.52. The number of aromatic nitrogens is 2. The minimum absolute atomic E-state index is 0.159. The number of nitrogens with one attached hydrogen (secondary N) is 1. The summed E-state index contributed by atoms with van der Waals surface area (Å²) in [6, 6.07) is 10.1. The molecule has 5 nitrogen and oxygen atoms in total. The molecular weight excluding hydrogens is 380 g/mol. The summed E-state index contributed by atoms with van der Waals surface area (Å²) in [5, 5.41) is 7.59. The maximum atomic E-state index is 12.8. The summed E-state index contributed by atoms with van der Waals surface area (Å²) >= 11 is 2.04. The molecule has 0 atom stereocenters. The Balaban J connectivity index is 1.62. The van der Waals surface area contributed by atoms with Crippen molar-refractivity contribution in [3.05, 3.63) is 47.3 Å². The Labute approximate surface area is 179 Å². The van der Waals surface area contributed by atoms with E-state index in [0.717, 1.165) is 24.3 Å². The van der Waals surface area contributed by atoms with E-state index in [0.29, 0.717) is 11.6 Å². The summed E-state index contributed by atoms with van der Waals surface area (Å²) in [5.41, 5.74) is 3.50. The van der Waals surface area contributed by atoms with Crippen LogP contribution in [-0.2, 0) is 12.0 Å². The van der Waals surface area contributed by atoms with Crippen molar-refractivity contribution in [1.29, 1.82) is 0 Å². The Bertz CT molecular complexity index is 814. The molecule has 3 rings (SSSR count). The van der Waals surface area contributed by atoms with Crippen molar-refractivity contribution < 1.29 is 4.79 Å². The van der Waals surface area contributed by atoms with Crippen molar-refractivity contribution >= 4 is 23.4 Å². The van der Waals surface area contributed by atoms with Crippen LogP contribution in [-0.4, -0.2) is 51.7 Å². The molecule has 1 amide bonds. The molecule has 1 saturated heterocycles. The van der Waals surface area contributed by atoms with Gasteiger partial charge in [-0.25, -0.2) is 0 Å². The minimum atomic E-state index is -0.160. The van der Waals surface area contributed by atoms with Crippen LogP contribution in [0.25, 0.3) is 0 Å². The van der Waals surface area contributed by atoms with Gasteiger partial charge in [0, 0.05) is 42.5 Å². The van der Waals surface area contributed by atoms with Gasteiger partial charge in [0.1, 0.15) is 0 Å². The standard InChI is InChI=1S/C23H34N4OS/c1-17(2)21-16-20(25-27(21)23(3,4)5)22(28)24-19-8-6-18(7-9-19)10-11-26-12-14-29-15-13-26/h6-9,16-17H,10-15H2,1-5H3,(H,24,28). The van der Waals surface area contributed by atoms with Crippen LogP contribution in [0.3, 0.4) is 0 Å². The lowest BCUT2D eigenvalue weighted by Crippen LogP contribution is -2.34. The highest BCUT2D eigenvalue weighted by atomic mass is 32.2. The summed E-state index contributed by atoms with van der Waals surface area (Å²) in [4.78, 5) is 15.3. The number of hydrogen-bond donors (Lipinski definition) is 1. The summed E-state index contributed by atoms with van der Waals surface area (Å²) in [6.45, 7) is 14.1. The van der Waals surface area contributed by atoms with Crippen molar-refractivity contribution in [2.24, 2.45) is 0 Å². The van der Waals surface area contributed by atoms with Gasteiger partial charge in [0.25, 0.3) is 5.91 Å². The third-order valence-corrected chi connectivity index (χ3v) is 6.17. The van der Waals surface area contributed by atoms with Crippen LogP contribution < -0.4 is 5.32 Å². The lowest BCUT2D eigenvalue weighted by molar-refractivity contribution is 0.102. The molecule has 2 heterocycles. The Morgan fingerprint density at radius 2 is 1.83 bits per heavy atom. The maximum Gasteiger partial charge on any atom is 0.276 e. The summed E-state index contributed by atoms with van der Waals surface area (Å²) in [5.74, 6) is 2.64. The average Bonchev–Trinajstić information content (AvgIpc) is 3.15. The zero-order valence-corrected chi connectivity index (χ0v) is 19.2. The molecule has 1 aromatic carbocycles. The summed E-state index contributed by atoms with van der Waals surface area (Å²) < 4.78 is 1.97. The zero-order valence-electron chi connectivity index (χ0n) is 18.4. The molecule has 2 aromatic rings. The van der Waals surface area contributed by atoms with E-state index in [9.17, 15) is 4.79 Å². The van der Waals surface area contributed by atoms with Gasteiger partial charge in [-0.3, -0.25) is 9.48 Å². The lowest BCUT2D eigenvalue weighted by atomic mass is 10.1. The third-order valence-electron chi connectivity index (χ3n) is 5.23. The van der Waals surface area contributed by atoms with Crippen LogP contribution in [0.1, 0.15) is 62.3 Å². The van der Waals surface area contributed by atoms with E-state index < -0.39 is 0 Å². The van der Waals surface area contributed by atoms with Crippen molar-refractivity contribution in [3.63, 3.8) is 0 Å². The normalized spacial score (nSPS) is 15.7. The van der Waals surface area contributed by atoms with E-state index in [1.165, 1.54) is 30.2 Å². The van der Waals surface area contributed by atoms with E-state index in [4.69, 9.17) is 0 Å². The highest BCUT2D eigenvalue weighted by Gasteiger charge is 2.23. The predicted molar refractivity (Wildman–Crippen MR) is 123 cm³/mol. The van der Waals surface area contributed by atoms with E-state index in [2.05, 4.69) is 62.1 Å². The number of thioether (sulfide) groups is 1. The van der Waals surface area contributed by atoms with Gasteiger partial charge >= 0.3 is 0 Å². The molecule has 1 N–H and O–H groups in total. The first-order valence-corrected chi connectivity index (χ1v) is 11.7. The van der Waals surface area contributed by atoms with Crippen molar-refractivity contribution in [2.75, 3.05) is 36.5 Å². The molecule has 0 unspecified atom stereocenters. The second-order valence-corrected chi connectivity index (χ2v) is 10.3. The van der Waals surface area contributed by atoms with E-state index in [1.807, 2.05) is 34.6 Å². The number of benzene rings is 1. The zero-order chi connectivity index (χ0) is 21.0. The number of rotatable bonds is 6. The number of anilines is 1. The molecule has 1 aromatic heterocycles. The fraction of sp³-hybridized carbons (Fsp3) is 0.565. The number of carbonyl (C=O) groups excluding carboxylic acids is 1. The van der Waals surface area contributed by atoms with Gasteiger partial charge in [-0.15, -0.1) is 0 Å². The van der Waals surface area contributed by atoms with Crippen molar-refractivity contribution in [3.8, 4) is 0 Å². The van der Waals surface area contributed by atoms with E-state index in [1.54, 1.807) is 0 Å². The molecule has 1 aliphatic rings. The second-order valence-electron chi connectivity index (χ2n) is 9.05. The van der Waals surface area contributed by atoms with Gasteiger partial charge in [0.15, 0.2) is 5.69 Å². The number of hydrogen-bond acceptors (Lipinski definition) is 4. The fourth-order valence-corrected chi connectivity index (χ4v) is 4.50. The molecule has 29 heavy (non-hydrogen) atoms. The number of nitrogens with zero attached hydrogens (tertiary/aromatic N) is 3. The first-order chi connectivity index (χ1) is 13.7. The van der Waals surface area contributed by atoms with Gasteiger partial charge < -0.3 is 10.2 Å². The second kappa shape index (κ2) is 9.35. The molecular formula is C23H34N4OS. The van der Waals surface area contributed by atoms with Gasteiger partial charge in [-0.1, -0.05) is 26.0 Å². The summed E-state index contributed by atoms with van der Waals surface area (Å²) in [7, 11) is 0. The maximum absolute atomic E-state index is 12.8. The lowest BCUT2D eigenvalue weighted by Gasteiger charge is -2.26. The first kappa shape index (κ1) is 21.9. The average molecular weight is 415 g/mol. The van der Waals surface area contributed by atoms with Crippen LogP contribution >= 0.6 is 11.8 Å². The van der Waals surface area contributed by atoms with Crippen LogP contribution in [0.5, 0.6) is 0 Å². The van der Waals surface area contributed by atoms with Crippen LogP contribution in [0.15, 0.2) is 30.3 Å². The molecule has 0 spiro atoms. The molecule has 0 saturated carbocycles. The van der Waals surface area contributed by atoms with Crippen LogP contribution in [0.2, 0.25) is 0 Å². The molecule has 1 aliphatic heterocycles. The van der Waals surface area contributed by atoms with Gasteiger partial charge in [-0.2, -0.15) is 16.9 Å². The Morgan fingerprint density at radius 3 is 2.38 bits per heavy atom. The Morgan fingerprint density at radius 1 is 1.17 bits per heavy atom. The highest BCUT2D eigenvalue weighted by molar-refractivity contribution is 7.99. The third kappa shape index (κ3) is 5.86. The molecule has 158 valence electrons. The first-order valence-electron chi connectivity index (χ1n) is 10.5. The van der Waals surface area contributed by atoms with Gasteiger partial charge in [-0.05, 0) is 56.9 Å². The predicted octanol–water partition coefficient (Wildman–Crippen LogP) is 4.61. The Kier molecular flexibility index (Phi) is 7.06. The van der Waals surface area contributed by atoms with Gasteiger partial charge in [0.2, 0.25) is 0 Å². The SMILES string of the molecule is CC(C)c1cc(C(=O)Nc2ccc(CCN3CCSCC3)cc2)nn1C(C)(C)C. The van der Waals surface area contributed by atoms with Gasteiger partial charge in [0.05, 0.1) is 5.54 Å². The van der Waals surface area contributed by atoms with Crippen LogP contribution in [0, 0.1) is 0 Å². The largest absolute Gasteiger partial charge is 0.321 e. The van der Waals surface area contributed by atoms with Crippen LogP contribution in [0.4, 0.5) is 5.69 Å². The summed E-state index contributed by atoms with van der Waals surface area (Å²) in [6.07, 6.45) is 1.05. The van der Waals surface area contributed by atoms with E-state index in [-0.39, 0.29) is 11.4 Å². The van der Waals surface area contributed by atoms with E-state index >= 15 is 0 Å². The molecule has 6 heteroatoms. The minimum Gasteiger partial charge on any atom is -0.321 e. The Hall–Kier alpha value is -1.79. The topological polar surface area (TPSA) is 50.2 Å². The quantitative estimate of drug-likeness (QED) is 0.750. The van der Waals surface area contributed by atoms with Crippen molar-refractivity contribution in [1.82, 2.24) is 14.7 Å². The smallest absolute Gasteiger partial charge is 0.276 e. The molecule has 0 aliphatic carbocycles. The van der Waals surface area contributed by atoms with Crippen molar-refractivity contribution in [2.45, 2.75) is 52.5 Å². The molecule has 1 fully saturated rings. The monoisotopic (exact) mass is 414 g/mol. The molecule has 0 bridgehead atoms. The number of carbonyl (C=O) groups is 1. The molecule has 0 radical (unpaired) electrons. The highest BCUT2D eigenvalue weighted by Crippen LogP contribution is 2.24. The number of amides is 1.